The fraction of sp³-hybridized carbons (Fsp3) is 0.133. The van der Waals surface area contributed by atoms with Crippen LogP contribution in [0.1, 0.15) is 39.2 Å². The Kier molecular flexibility index (Phi) is 7.49. The minimum atomic E-state index is -0.484. The number of ether oxygens (including phenoxy) is 2. The minimum Gasteiger partial charge on any atom is -0.485 e. The average Bonchev–Trinajstić information content (AvgIpc) is 3.61. The van der Waals surface area contributed by atoms with E-state index in [4.69, 9.17) is 13.9 Å². The molecule has 196 valence electrons. The smallest absolute Gasteiger partial charge is 0.343 e. The normalized spacial score (nSPS) is 10.8. The number of furan rings is 1. The fourth-order valence-corrected chi connectivity index (χ4v) is 4.11. The lowest BCUT2D eigenvalue weighted by atomic mass is 10.1. The second-order valence-electron chi connectivity index (χ2n) is 8.53. The second kappa shape index (κ2) is 11.5. The molecule has 3 heterocycles. The zero-order valence-corrected chi connectivity index (χ0v) is 21.3. The Labute approximate surface area is 224 Å². The van der Waals surface area contributed by atoms with Gasteiger partial charge in [-0.05, 0) is 55.3 Å². The van der Waals surface area contributed by atoms with Crippen LogP contribution in [-0.4, -0.2) is 33.1 Å². The van der Waals surface area contributed by atoms with Crippen molar-refractivity contribution in [3.63, 3.8) is 0 Å². The molecule has 3 aromatic heterocycles. The third-order valence-corrected chi connectivity index (χ3v) is 5.91. The van der Waals surface area contributed by atoms with Gasteiger partial charge in [-0.3, -0.25) is 4.79 Å². The van der Waals surface area contributed by atoms with Crippen molar-refractivity contribution in [1.82, 2.24) is 14.6 Å². The molecule has 5 rings (SSSR count). The molecular weight excluding hydrogens is 496 g/mol. The molecule has 0 saturated carbocycles. The Bertz CT molecular complexity index is 1650. The number of rotatable bonds is 10. The molecule has 0 bridgehead atoms. The summed E-state index contributed by atoms with van der Waals surface area (Å²) in [6.45, 7) is 5.96. The Balaban J connectivity index is 1.29. The van der Waals surface area contributed by atoms with Gasteiger partial charge in [0.15, 0.2) is 11.4 Å². The number of esters is 1. The molecule has 0 atom stereocenters. The Morgan fingerprint density at radius 3 is 2.82 bits per heavy atom. The number of fused-ring (bicyclic) bond motifs is 1. The van der Waals surface area contributed by atoms with E-state index in [-0.39, 0.29) is 24.5 Å². The molecule has 0 spiro atoms. The van der Waals surface area contributed by atoms with Crippen LogP contribution >= 0.6 is 0 Å². The molecule has 1 amide bonds. The summed E-state index contributed by atoms with van der Waals surface area (Å²) in [5, 5.41) is 7.19. The summed E-state index contributed by atoms with van der Waals surface area (Å²) in [6, 6.07) is 20.1. The number of para-hydroxylation sites is 1. The van der Waals surface area contributed by atoms with E-state index in [2.05, 4.69) is 22.0 Å². The molecule has 5 aromatic rings. The lowest BCUT2D eigenvalue weighted by molar-refractivity contribution is 0.0528. The molecule has 0 unspecified atom stereocenters. The van der Waals surface area contributed by atoms with Crippen molar-refractivity contribution in [2.45, 2.75) is 20.0 Å². The largest absolute Gasteiger partial charge is 0.485 e. The van der Waals surface area contributed by atoms with Crippen molar-refractivity contribution in [3.8, 4) is 17.0 Å². The standard InChI is InChI=1S/C30H26N4O5/c1-3-8-20-9-5-6-12-26(20)38-19-23-13-14-27(39-23)29(35)33-22-11-7-10-21(17-22)25-15-16-31-28-24(18-32-34(25)28)30(36)37-4-2/h3,5-7,9-18H,1,4,8,19H2,2H3,(H,33,35). The van der Waals surface area contributed by atoms with Crippen LogP contribution in [0.2, 0.25) is 0 Å². The molecule has 39 heavy (non-hydrogen) atoms. The number of hydrogen-bond donors (Lipinski definition) is 1. The third kappa shape index (κ3) is 5.57. The van der Waals surface area contributed by atoms with Gasteiger partial charge in [0.2, 0.25) is 0 Å². The van der Waals surface area contributed by atoms with Gasteiger partial charge in [-0.1, -0.05) is 36.4 Å². The predicted molar refractivity (Wildman–Crippen MR) is 146 cm³/mol. The lowest BCUT2D eigenvalue weighted by Crippen LogP contribution is -2.11. The summed E-state index contributed by atoms with van der Waals surface area (Å²) in [5.74, 6) is 0.554. The zero-order valence-electron chi connectivity index (χ0n) is 21.3. The lowest BCUT2D eigenvalue weighted by Gasteiger charge is -2.09. The summed E-state index contributed by atoms with van der Waals surface area (Å²) in [7, 11) is 0. The first-order valence-electron chi connectivity index (χ1n) is 12.4. The number of nitrogens with one attached hydrogen (secondary N) is 1. The number of hydrogen-bond acceptors (Lipinski definition) is 7. The van der Waals surface area contributed by atoms with E-state index in [1.807, 2.05) is 48.5 Å². The number of anilines is 1. The zero-order chi connectivity index (χ0) is 27.2. The average molecular weight is 523 g/mol. The molecule has 0 aliphatic heterocycles. The van der Waals surface area contributed by atoms with Gasteiger partial charge in [0.25, 0.3) is 5.91 Å². The predicted octanol–water partition coefficient (Wildman–Crippen LogP) is 5.73. The maximum Gasteiger partial charge on any atom is 0.343 e. The summed E-state index contributed by atoms with van der Waals surface area (Å²) in [4.78, 5) is 29.5. The molecule has 0 radical (unpaired) electrons. The highest BCUT2D eigenvalue weighted by molar-refractivity contribution is 6.02. The second-order valence-corrected chi connectivity index (χ2v) is 8.53. The fourth-order valence-electron chi connectivity index (χ4n) is 4.11. The number of aromatic nitrogens is 3. The Hall–Kier alpha value is -5.18. The van der Waals surface area contributed by atoms with E-state index in [0.29, 0.717) is 29.2 Å². The Morgan fingerprint density at radius 2 is 1.97 bits per heavy atom. The summed E-state index contributed by atoms with van der Waals surface area (Å²) in [5.41, 5.74) is 3.72. The maximum atomic E-state index is 12.9. The van der Waals surface area contributed by atoms with Gasteiger partial charge in [-0.2, -0.15) is 5.10 Å². The first-order valence-corrected chi connectivity index (χ1v) is 12.4. The van der Waals surface area contributed by atoms with Crippen molar-refractivity contribution in [2.75, 3.05) is 11.9 Å². The van der Waals surface area contributed by atoms with Gasteiger partial charge in [0.1, 0.15) is 23.7 Å². The SMILES string of the molecule is C=CCc1ccccc1OCc1ccc(C(=O)Nc2cccc(-c3ccnc4c(C(=O)OCC)cnn34)c2)o1. The van der Waals surface area contributed by atoms with Gasteiger partial charge in [0, 0.05) is 17.4 Å². The molecular formula is C30H26N4O5. The van der Waals surface area contributed by atoms with Crippen molar-refractivity contribution < 1.29 is 23.5 Å². The van der Waals surface area contributed by atoms with Gasteiger partial charge < -0.3 is 19.2 Å². The van der Waals surface area contributed by atoms with Gasteiger partial charge in [-0.15, -0.1) is 6.58 Å². The maximum absolute atomic E-state index is 12.9. The summed E-state index contributed by atoms with van der Waals surface area (Å²) < 4.78 is 18.3. The van der Waals surface area contributed by atoms with E-state index < -0.39 is 11.9 Å². The third-order valence-electron chi connectivity index (χ3n) is 5.91. The van der Waals surface area contributed by atoms with Crippen molar-refractivity contribution in [3.05, 3.63) is 114 Å². The quantitative estimate of drug-likeness (QED) is 0.184. The van der Waals surface area contributed by atoms with E-state index in [9.17, 15) is 9.59 Å². The summed E-state index contributed by atoms with van der Waals surface area (Å²) >= 11 is 0. The number of carbonyl (C=O) groups is 2. The van der Waals surface area contributed by atoms with Gasteiger partial charge >= 0.3 is 5.97 Å². The van der Waals surface area contributed by atoms with Crippen LogP contribution in [0.3, 0.4) is 0 Å². The number of allylic oxidation sites excluding steroid dienone is 1. The van der Waals surface area contributed by atoms with Crippen LogP contribution in [0.15, 0.2) is 96.2 Å². The molecule has 9 nitrogen and oxygen atoms in total. The molecule has 2 aromatic carbocycles. The first-order chi connectivity index (χ1) is 19.1. The molecule has 1 N–H and O–H groups in total. The molecule has 0 aliphatic rings. The van der Waals surface area contributed by atoms with Crippen LogP contribution in [0.5, 0.6) is 5.75 Å². The van der Waals surface area contributed by atoms with E-state index in [0.717, 1.165) is 16.9 Å². The molecule has 0 aliphatic carbocycles. The highest BCUT2D eigenvalue weighted by Gasteiger charge is 2.18. The van der Waals surface area contributed by atoms with Crippen molar-refractivity contribution >= 4 is 23.2 Å². The first kappa shape index (κ1) is 25.5. The number of nitrogens with zero attached hydrogens (tertiary/aromatic N) is 3. The van der Waals surface area contributed by atoms with Gasteiger partial charge in [-0.25, -0.2) is 14.3 Å². The molecule has 9 heteroatoms. The number of carbonyl (C=O) groups excluding carboxylic acids is 2. The number of amides is 1. The van der Waals surface area contributed by atoms with Gasteiger partial charge in [0.05, 0.1) is 18.5 Å². The molecule has 0 fully saturated rings. The van der Waals surface area contributed by atoms with Crippen LogP contribution in [0.25, 0.3) is 16.9 Å². The van der Waals surface area contributed by atoms with Crippen LogP contribution < -0.4 is 10.1 Å². The van der Waals surface area contributed by atoms with Crippen molar-refractivity contribution in [1.29, 1.82) is 0 Å². The van der Waals surface area contributed by atoms with E-state index in [1.165, 1.54) is 6.20 Å². The highest BCUT2D eigenvalue weighted by Crippen LogP contribution is 2.25. The Morgan fingerprint density at radius 1 is 1.10 bits per heavy atom. The van der Waals surface area contributed by atoms with Crippen LogP contribution in [0.4, 0.5) is 5.69 Å². The number of benzene rings is 2. The summed E-state index contributed by atoms with van der Waals surface area (Å²) in [6.07, 6.45) is 5.55. The van der Waals surface area contributed by atoms with Crippen molar-refractivity contribution in [2.24, 2.45) is 0 Å². The minimum absolute atomic E-state index is 0.163. The van der Waals surface area contributed by atoms with Crippen LogP contribution in [-0.2, 0) is 17.8 Å². The van der Waals surface area contributed by atoms with Crippen LogP contribution in [0, 0.1) is 0 Å². The highest BCUT2D eigenvalue weighted by atomic mass is 16.5. The topological polar surface area (TPSA) is 108 Å². The monoisotopic (exact) mass is 522 g/mol. The van der Waals surface area contributed by atoms with E-state index >= 15 is 0 Å². The van der Waals surface area contributed by atoms with E-state index in [1.54, 1.807) is 41.9 Å². The molecule has 0 saturated heterocycles.